The van der Waals surface area contributed by atoms with Gasteiger partial charge < -0.3 is 9.88 Å². The molecule has 3 aromatic carbocycles. The van der Waals surface area contributed by atoms with E-state index in [1.54, 1.807) is 0 Å². The molecule has 0 fully saturated rings. The van der Waals surface area contributed by atoms with Crippen LogP contribution in [0.1, 0.15) is 50.7 Å². The van der Waals surface area contributed by atoms with Crippen LogP contribution in [0.2, 0.25) is 5.02 Å². The Hall–Kier alpha value is -3.04. The Bertz CT molecular complexity index is 1490. The number of fused-ring (bicyclic) bond motifs is 5. The predicted octanol–water partition coefficient (Wildman–Crippen LogP) is 7.67. The number of para-hydroxylation sites is 1. The van der Waals surface area contributed by atoms with Gasteiger partial charge in [0, 0.05) is 62.7 Å². The molecule has 1 aromatic heterocycles. The molecule has 2 heterocycles. The van der Waals surface area contributed by atoms with E-state index in [-0.39, 0.29) is 17.1 Å². The Kier molecular flexibility index (Phi) is 4.50. The van der Waals surface area contributed by atoms with Gasteiger partial charge in [0.2, 0.25) is 0 Å². The number of aryl methyl sites for hydroxylation is 1. The van der Waals surface area contributed by atoms with Gasteiger partial charge in [0.25, 0.3) is 0 Å². The van der Waals surface area contributed by atoms with Crippen molar-refractivity contribution in [2.45, 2.75) is 46.1 Å². The molecule has 33 heavy (non-hydrogen) atoms. The van der Waals surface area contributed by atoms with Gasteiger partial charge in [-0.3, -0.25) is 4.79 Å². The molecule has 1 N–H and O–H groups in total. The van der Waals surface area contributed by atoms with E-state index in [0.717, 1.165) is 41.1 Å². The number of Topliss-reactive ketones (excluding diaryl/α,β-unsaturated/α-hetero) is 1. The van der Waals surface area contributed by atoms with Crippen molar-refractivity contribution in [2.75, 3.05) is 5.32 Å². The summed E-state index contributed by atoms with van der Waals surface area (Å²) in [5.41, 5.74) is 7.53. The van der Waals surface area contributed by atoms with Gasteiger partial charge in [-0.2, -0.15) is 0 Å². The Morgan fingerprint density at radius 1 is 1.00 bits per heavy atom. The number of halogens is 1. The van der Waals surface area contributed by atoms with Crippen molar-refractivity contribution in [3.63, 3.8) is 0 Å². The monoisotopic (exact) mass is 454 g/mol. The van der Waals surface area contributed by atoms with Crippen LogP contribution >= 0.6 is 11.6 Å². The summed E-state index contributed by atoms with van der Waals surface area (Å²) in [6, 6.07) is 21.0. The topological polar surface area (TPSA) is 34.0 Å². The summed E-state index contributed by atoms with van der Waals surface area (Å²) in [6.07, 6.45) is 1.40. The Morgan fingerprint density at radius 2 is 1.76 bits per heavy atom. The lowest BCUT2D eigenvalue weighted by atomic mass is 9.68. The first-order valence-corrected chi connectivity index (χ1v) is 12.1. The number of rotatable bonds is 2. The third-order valence-electron chi connectivity index (χ3n) is 7.29. The fraction of sp³-hybridized carbons (Fsp3) is 0.276. The van der Waals surface area contributed by atoms with Crippen molar-refractivity contribution in [2.24, 2.45) is 5.41 Å². The van der Waals surface area contributed by atoms with E-state index < -0.39 is 0 Å². The molecule has 1 aliphatic carbocycles. The molecule has 6 rings (SSSR count). The second kappa shape index (κ2) is 7.23. The maximum absolute atomic E-state index is 13.7. The maximum atomic E-state index is 13.7. The minimum atomic E-state index is -0.187. The van der Waals surface area contributed by atoms with Crippen molar-refractivity contribution in [3.05, 3.63) is 88.1 Å². The number of anilines is 1. The van der Waals surface area contributed by atoms with E-state index in [1.807, 2.05) is 18.2 Å². The van der Waals surface area contributed by atoms with E-state index in [2.05, 4.69) is 73.1 Å². The number of allylic oxidation sites excluding steroid dienone is 2. The van der Waals surface area contributed by atoms with Gasteiger partial charge in [0.15, 0.2) is 5.78 Å². The first kappa shape index (κ1) is 20.6. The molecule has 0 amide bonds. The molecular weight excluding hydrogens is 428 g/mol. The molecule has 1 unspecified atom stereocenters. The molecule has 1 aliphatic heterocycles. The number of ketones is 1. The molecule has 4 heteroatoms. The van der Waals surface area contributed by atoms with Gasteiger partial charge in [-0.05, 0) is 54.2 Å². The van der Waals surface area contributed by atoms with Crippen molar-refractivity contribution < 1.29 is 4.79 Å². The van der Waals surface area contributed by atoms with Crippen LogP contribution in [-0.4, -0.2) is 10.4 Å². The van der Waals surface area contributed by atoms with Crippen molar-refractivity contribution in [1.29, 1.82) is 0 Å². The summed E-state index contributed by atoms with van der Waals surface area (Å²) < 4.78 is 2.37. The number of carbonyl (C=O) groups excluding carboxylic acids is 1. The molecule has 0 spiro atoms. The first-order valence-electron chi connectivity index (χ1n) is 11.7. The molecule has 3 nitrogen and oxygen atoms in total. The fourth-order valence-corrected chi connectivity index (χ4v) is 6.27. The Balaban J connectivity index is 1.75. The quantitative estimate of drug-likeness (QED) is 0.337. The summed E-state index contributed by atoms with van der Waals surface area (Å²) >= 11 is 6.80. The zero-order valence-corrected chi connectivity index (χ0v) is 20.0. The molecule has 0 bridgehead atoms. The van der Waals surface area contributed by atoms with Gasteiger partial charge in [0.1, 0.15) is 0 Å². The minimum Gasteiger partial charge on any atom is -0.358 e. The average molecular weight is 455 g/mol. The number of aromatic nitrogens is 1. The van der Waals surface area contributed by atoms with Crippen LogP contribution < -0.4 is 5.32 Å². The van der Waals surface area contributed by atoms with E-state index >= 15 is 0 Å². The van der Waals surface area contributed by atoms with Crippen molar-refractivity contribution >= 4 is 44.9 Å². The van der Waals surface area contributed by atoms with Gasteiger partial charge in [-0.15, -0.1) is 0 Å². The van der Waals surface area contributed by atoms with Gasteiger partial charge in [-0.1, -0.05) is 61.8 Å². The average Bonchev–Trinajstić information content (AvgIpc) is 3.11. The van der Waals surface area contributed by atoms with E-state index in [9.17, 15) is 4.79 Å². The van der Waals surface area contributed by atoms with Crippen LogP contribution in [0, 0.1) is 5.41 Å². The molecule has 2 aliphatic rings. The normalized spacial score (nSPS) is 19.5. The molecule has 0 radical (unpaired) electrons. The van der Waals surface area contributed by atoms with Gasteiger partial charge in [-0.25, -0.2) is 0 Å². The highest BCUT2D eigenvalue weighted by molar-refractivity contribution is 6.31. The summed E-state index contributed by atoms with van der Waals surface area (Å²) in [6.45, 7) is 7.42. The van der Waals surface area contributed by atoms with Crippen LogP contribution in [0.4, 0.5) is 5.69 Å². The lowest BCUT2D eigenvalue weighted by Gasteiger charge is -2.40. The highest BCUT2D eigenvalue weighted by Crippen LogP contribution is 2.53. The summed E-state index contributed by atoms with van der Waals surface area (Å²) in [4.78, 5) is 13.7. The highest BCUT2D eigenvalue weighted by Gasteiger charge is 2.42. The molecule has 4 aromatic rings. The third-order valence-corrected chi connectivity index (χ3v) is 7.64. The van der Waals surface area contributed by atoms with Crippen LogP contribution in [0.3, 0.4) is 0 Å². The number of nitrogens with zero attached hydrogens (tertiary/aromatic N) is 1. The van der Waals surface area contributed by atoms with Crippen LogP contribution in [0.5, 0.6) is 0 Å². The largest absolute Gasteiger partial charge is 0.358 e. The van der Waals surface area contributed by atoms with Crippen molar-refractivity contribution in [3.8, 4) is 0 Å². The van der Waals surface area contributed by atoms with Crippen LogP contribution in [-0.2, 0) is 11.3 Å². The molecule has 0 saturated heterocycles. The summed E-state index contributed by atoms with van der Waals surface area (Å²) in [7, 11) is 0. The molecule has 0 saturated carbocycles. The minimum absolute atomic E-state index is 0.0617. The zero-order chi connectivity index (χ0) is 22.9. The van der Waals surface area contributed by atoms with E-state index in [1.165, 1.54) is 21.8 Å². The molecule has 1 atom stereocenters. The van der Waals surface area contributed by atoms with E-state index in [4.69, 9.17) is 11.6 Å². The lowest BCUT2D eigenvalue weighted by Crippen LogP contribution is -2.34. The van der Waals surface area contributed by atoms with Crippen molar-refractivity contribution in [1.82, 2.24) is 4.57 Å². The second-order valence-electron chi connectivity index (χ2n) is 10.1. The second-order valence-corrected chi connectivity index (χ2v) is 10.5. The first-order chi connectivity index (χ1) is 15.9. The number of nitrogens with one attached hydrogen (secondary N) is 1. The number of benzene rings is 3. The Morgan fingerprint density at radius 3 is 2.55 bits per heavy atom. The lowest BCUT2D eigenvalue weighted by molar-refractivity contribution is -0.118. The summed E-state index contributed by atoms with van der Waals surface area (Å²) in [5.74, 6) is 0.0360. The Labute approximate surface area is 199 Å². The van der Waals surface area contributed by atoms with Crippen LogP contribution in [0.15, 0.2) is 71.9 Å². The summed E-state index contributed by atoms with van der Waals surface area (Å²) in [5, 5.41) is 6.83. The van der Waals surface area contributed by atoms with Gasteiger partial charge in [0.05, 0.1) is 0 Å². The number of carbonyl (C=O) groups is 1. The number of hydrogen-bond donors (Lipinski definition) is 1. The SMILES string of the molecule is CCn1c2ccccc2c2c3c(ccc21)NC1=C(C(=O)CC(C)(C)C1)C3c1ccccc1Cl. The highest BCUT2D eigenvalue weighted by atomic mass is 35.5. The molecule has 166 valence electrons. The van der Waals surface area contributed by atoms with Crippen LogP contribution in [0.25, 0.3) is 21.8 Å². The van der Waals surface area contributed by atoms with E-state index in [0.29, 0.717) is 11.4 Å². The maximum Gasteiger partial charge on any atom is 0.162 e. The predicted molar refractivity (Wildman–Crippen MR) is 137 cm³/mol. The van der Waals surface area contributed by atoms with Gasteiger partial charge >= 0.3 is 0 Å². The third kappa shape index (κ3) is 2.99. The standard InChI is InChI=1S/C29H27ClN2O/c1-4-32-22-12-8-6-10-18(22)25-23(32)14-13-20-28(25)26(17-9-5-7-11-19(17)30)27-21(31-20)15-29(2,3)16-24(27)33/h5-14,26,31H,4,15-16H2,1-3H3. The fourth-order valence-electron chi connectivity index (χ4n) is 6.02. The smallest absolute Gasteiger partial charge is 0.162 e. The molecular formula is C29H27ClN2O. The number of hydrogen-bond acceptors (Lipinski definition) is 2. The zero-order valence-electron chi connectivity index (χ0n) is 19.2.